The predicted molar refractivity (Wildman–Crippen MR) is 99.6 cm³/mol. The second kappa shape index (κ2) is 9.20. The Balaban J connectivity index is 2.01. The quantitative estimate of drug-likeness (QED) is 0.416. The molecule has 0 bridgehead atoms. The summed E-state index contributed by atoms with van der Waals surface area (Å²) in [5.74, 6) is -1.47. The zero-order chi connectivity index (χ0) is 20.0. The number of ether oxygens (including phenoxy) is 2. The van der Waals surface area contributed by atoms with Gasteiger partial charge in [-0.05, 0) is 37.3 Å². The average molecular weight is 413 g/mol. The molecule has 0 spiro atoms. The molecule has 2 aromatic rings. The van der Waals surface area contributed by atoms with E-state index in [0.717, 1.165) is 6.07 Å². The minimum atomic E-state index is -0.888. The number of benzene rings is 2. The highest BCUT2D eigenvalue weighted by atomic mass is 35.5. The summed E-state index contributed by atoms with van der Waals surface area (Å²) < 4.78 is 10.0. The van der Waals surface area contributed by atoms with Crippen molar-refractivity contribution in [3.05, 3.63) is 62.1 Å². The van der Waals surface area contributed by atoms with Crippen molar-refractivity contribution in [1.82, 2.24) is 0 Å². The zero-order valence-corrected chi connectivity index (χ0v) is 15.5. The van der Waals surface area contributed by atoms with Crippen LogP contribution in [0.1, 0.15) is 17.3 Å². The third-order valence-electron chi connectivity index (χ3n) is 3.17. The lowest BCUT2D eigenvalue weighted by Gasteiger charge is -2.08. The molecule has 0 saturated carbocycles. The minimum absolute atomic E-state index is 0.0367. The molecule has 0 aliphatic carbocycles. The topological polar surface area (TPSA) is 108 Å². The first kappa shape index (κ1) is 20.5. The van der Waals surface area contributed by atoms with Gasteiger partial charge in [-0.15, -0.1) is 0 Å². The molecule has 0 heterocycles. The van der Waals surface area contributed by atoms with Crippen LogP contribution in [0.15, 0.2) is 36.4 Å². The maximum atomic E-state index is 12.0. The van der Waals surface area contributed by atoms with Crippen molar-refractivity contribution in [2.24, 2.45) is 0 Å². The van der Waals surface area contributed by atoms with Gasteiger partial charge in [-0.3, -0.25) is 14.9 Å². The fourth-order valence-corrected chi connectivity index (χ4v) is 2.63. The number of halogens is 2. The Hall–Kier alpha value is -2.84. The summed E-state index contributed by atoms with van der Waals surface area (Å²) in [6.45, 7) is 1.32. The standard InChI is InChI=1S/C17H14Cl2N2O6/c1-2-26-15-4-3-10(5-14(15)21(24)25)17(23)27-9-16(22)20-13-7-11(18)6-12(19)8-13/h3-8H,2,9H2,1H3,(H,20,22). The van der Waals surface area contributed by atoms with Crippen molar-refractivity contribution in [1.29, 1.82) is 0 Å². The molecule has 0 atom stereocenters. The average Bonchev–Trinajstić information content (AvgIpc) is 2.59. The van der Waals surface area contributed by atoms with Gasteiger partial charge in [0.1, 0.15) is 0 Å². The third-order valence-corrected chi connectivity index (χ3v) is 3.61. The van der Waals surface area contributed by atoms with Crippen LogP contribution >= 0.6 is 23.2 Å². The highest BCUT2D eigenvalue weighted by Crippen LogP contribution is 2.28. The first-order valence-corrected chi connectivity index (χ1v) is 8.40. The molecule has 2 aromatic carbocycles. The first-order valence-electron chi connectivity index (χ1n) is 7.64. The van der Waals surface area contributed by atoms with Gasteiger partial charge in [-0.2, -0.15) is 0 Å². The van der Waals surface area contributed by atoms with E-state index >= 15 is 0 Å². The largest absolute Gasteiger partial charge is 0.487 e. The lowest BCUT2D eigenvalue weighted by molar-refractivity contribution is -0.385. The molecule has 1 N–H and O–H groups in total. The van der Waals surface area contributed by atoms with Crippen LogP contribution in [0.4, 0.5) is 11.4 Å². The number of nitro benzene ring substituents is 1. The van der Waals surface area contributed by atoms with Gasteiger partial charge in [-0.1, -0.05) is 23.2 Å². The van der Waals surface area contributed by atoms with Gasteiger partial charge >= 0.3 is 11.7 Å². The van der Waals surface area contributed by atoms with Crippen molar-refractivity contribution in [3.8, 4) is 5.75 Å². The molecule has 0 unspecified atom stereocenters. The number of esters is 1. The van der Waals surface area contributed by atoms with Crippen molar-refractivity contribution in [2.45, 2.75) is 6.92 Å². The van der Waals surface area contributed by atoms with Crippen LogP contribution in [0, 0.1) is 10.1 Å². The van der Waals surface area contributed by atoms with Crippen LogP contribution in [0.2, 0.25) is 10.0 Å². The summed E-state index contributed by atoms with van der Waals surface area (Å²) in [6, 6.07) is 8.09. The monoisotopic (exact) mass is 412 g/mol. The summed E-state index contributed by atoms with van der Waals surface area (Å²) in [6.07, 6.45) is 0. The van der Waals surface area contributed by atoms with E-state index in [2.05, 4.69) is 5.32 Å². The fourth-order valence-electron chi connectivity index (χ4n) is 2.10. The lowest BCUT2D eigenvalue weighted by Crippen LogP contribution is -2.21. The SMILES string of the molecule is CCOc1ccc(C(=O)OCC(=O)Nc2cc(Cl)cc(Cl)c2)cc1[N+](=O)[O-]. The summed E-state index contributed by atoms with van der Waals surface area (Å²) in [5, 5.41) is 14.2. The summed E-state index contributed by atoms with van der Waals surface area (Å²) in [5.41, 5.74) is -0.113. The number of amides is 1. The maximum absolute atomic E-state index is 12.0. The number of hydrogen-bond acceptors (Lipinski definition) is 6. The molecule has 1 amide bonds. The van der Waals surface area contributed by atoms with E-state index in [1.54, 1.807) is 6.92 Å². The highest BCUT2D eigenvalue weighted by molar-refractivity contribution is 6.35. The van der Waals surface area contributed by atoms with Gasteiger partial charge in [-0.25, -0.2) is 4.79 Å². The van der Waals surface area contributed by atoms with Gasteiger partial charge in [0.15, 0.2) is 12.4 Å². The van der Waals surface area contributed by atoms with Gasteiger partial charge in [0, 0.05) is 21.8 Å². The molecule has 0 radical (unpaired) electrons. The van der Waals surface area contributed by atoms with E-state index in [0.29, 0.717) is 15.7 Å². The van der Waals surface area contributed by atoms with E-state index < -0.39 is 23.4 Å². The fraction of sp³-hybridized carbons (Fsp3) is 0.176. The number of rotatable bonds is 7. The van der Waals surface area contributed by atoms with Crippen LogP contribution in [0.5, 0.6) is 5.75 Å². The van der Waals surface area contributed by atoms with Crippen molar-refractivity contribution in [2.75, 3.05) is 18.5 Å². The number of hydrogen-bond donors (Lipinski definition) is 1. The molecule has 0 aliphatic heterocycles. The molecule has 142 valence electrons. The van der Waals surface area contributed by atoms with Crippen LogP contribution in [-0.2, 0) is 9.53 Å². The van der Waals surface area contributed by atoms with Gasteiger partial charge in [0.2, 0.25) is 0 Å². The third kappa shape index (κ3) is 5.83. The maximum Gasteiger partial charge on any atom is 0.338 e. The number of carbonyl (C=O) groups is 2. The molecular formula is C17H14Cl2N2O6. The second-order valence-electron chi connectivity index (χ2n) is 5.16. The molecule has 0 aliphatic rings. The molecule has 0 aromatic heterocycles. The van der Waals surface area contributed by atoms with Crippen LogP contribution in [0.25, 0.3) is 0 Å². The smallest absolute Gasteiger partial charge is 0.338 e. The normalized spacial score (nSPS) is 10.2. The molecule has 8 nitrogen and oxygen atoms in total. The number of anilines is 1. The number of carbonyl (C=O) groups excluding carboxylic acids is 2. The van der Waals surface area contributed by atoms with Crippen molar-refractivity contribution >= 4 is 46.5 Å². The molecule has 10 heteroatoms. The zero-order valence-electron chi connectivity index (χ0n) is 14.0. The summed E-state index contributed by atoms with van der Waals surface area (Å²) in [7, 11) is 0. The Labute approximate surface area is 164 Å². The summed E-state index contributed by atoms with van der Waals surface area (Å²) >= 11 is 11.7. The predicted octanol–water partition coefficient (Wildman–Crippen LogP) is 4.10. The lowest BCUT2D eigenvalue weighted by atomic mass is 10.2. The highest BCUT2D eigenvalue weighted by Gasteiger charge is 2.20. The van der Waals surface area contributed by atoms with Crippen LogP contribution < -0.4 is 10.1 Å². The van der Waals surface area contributed by atoms with E-state index in [-0.39, 0.29) is 23.6 Å². The van der Waals surface area contributed by atoms with Gasteiger partial charge < -0.3 is 14.8 Å². The molecular weight excluding hydrogens is 399 g/mol. The second-order valence-corrected chi connectivity index (χ2v) is 6.03. The summed E-state index contributed by atoms with van der Waals surface area (Å²) in [4.78, 5) is 34.3. The van der Waals surface area contributed by atoms with Crippen LogP contribution in [0.3, 0.4) is 0 Å². The Morgan fingerprint density at radius 1 is 1.15 bits per heavy atom. The number of nitrogens with zero attached hydrogens (tertiary/aromatic N) is 1. The molecule has 0 fully saturated rings. The Morgan fingerprint density at radius 3 is 2.41 bits per heavy atom. The van der Waals surface area contributed by atoms with Gasteiger partial charge in [0.25, 0.3) is 5.91 Å². The van der Waals surface area contributed by atoms with E-state index in [9.17, 15) is 19.7 Å². The Kier molecular flexibility index (Phi) is 6.98. The first-order chi connectivity index (χ1) is 12.8. The van der Waals surface area contributed by atoms with E-state index in [1.807, 2.05) is 0 Å². The molecule has 27 heavy (non-hydrogen) atoms. The van der Waals surface area contributed by atoms with Crippen molar-refractivity contribution < 1.29 is 24.0 Å². The van der Waals surface area contributed by atoms with Crippen LogP contribution in [-0.4, -0.2) is 30.0 Å². The van der Waals surface area contributed by atoms with E-state index in [4.69, 9.17) is 32.7 Å². The Morgan fingerprint density at radius 2 is 1.81 bits per heavy atom. The minimum Gasteiger partial charge on any atom is -0.487 e. The number of nitro groups is 1. The van der Waals surface area contributed by atoms with Gasteiger partial charge in [0.05, 0.1) is 17.1 Å². The number of nitrogens with one attached hydrogen (secondary N) is 1. The van der Waals surface area contributed by atoms with Crippen molar-refractivity contribution in [3.63, 3.8) is 0 Å². The molecule has 0 saturated heterocycles. The Bertz CT molecular complexity index is 867. The van der Waals surface area contributed by atoms with E-state index in [1.165, 1.54) is 30.3 Å². The molecule has 2 rings (SSSR count).